The van der Waals surface area contributed by atoms with Gasteiger partial charge in [-0.3, -0.25) is 25.2 Å². The Morgan fingerprint density at radius 3 is 2.50 bits per heavy atom. The van der Waals surface area contributed by atoms with Crippen LogP contribution in [-0.4, -0.2) is 24.3 Å². The largest absolute Gasteiger partial charge is 0.494 e. The van der Waals surface area contributed by atoms with E-state index in [1.54, 1.807) is 49.4 Å². The van der Waals surface area contributed by atoms with Gasteiger partial charge in [-0.25, -0.2) is 0 Å². The molecule has 2 rings (SSSR count). The van der Waals surface area contributed by atoms with E-state index in [4.69, 9.17) is 16.3 Å². The van der Waals surface area contributed by atoms with E-state index in [1.165, 1.54) is 0 Å². The number of rotatable bonds is 9. The molecular formula is C22H26ClN3O4. The average molecular weight is 432 g/mol. The zero-order valence-electron chi connectivity index (χ0n) is 17.1. The highest BCUT2D eigenvalue weighted by molar-refractivity contribution is 6.31. The van der Waals surface area contributed by atoms with E-state index < -0.39 is 11.8 Å². The Bertz CT molecular complexity index is 902. The predicted molar refractivity (Wildman–Crippen MR) is 117 cm³/mol. The molecule has 8 heteroatoms. The highest BCUT2D eigenvalue weighted by Gasteiger charge is 2.11. The highest BCUT2D eigenvalue weighted by Crippen LogP contribution is 2.23. The summed E-state index contributed by atoms with van der Waals surface area (Å²) in [6.07, 6.45) is 1.83. The van der Waals surface area contributed by atoms with Crippen LogP contribution in [-0.2, 0) is 9.59 Å². The smallest absolute Gasteiger partial charge is 0.269 e. The second-order valence-electron chi connectivity index (χ2n) is 6.69. The second kappa shape index (κ2) is 11.8. The van der Waals surface area contributed by atoms with Gasteiger partial charge in [0.25, 0.3) is 5.91 Å². The average Bonchev–Trinajstić information content (AvgIpc) is 2.74. The van der Waals surface area contributed by atoms with E-state index >= 15 is 0 Å². The maximum atomic E-state index is 12.2. The Morgan fingerprint density at radius 1 is 1.00 bits per heavy atom. The number of hydrazine groups is 1. The summed E-state index contributed by atoms with van der Waals surface area (Å²) in [4.78, 5) is 36.2. The lowest BCUT2D eigenvalue weighted by Crippen LogP contribution is -2.41. The molecule has 0 saturated carbocycles. The van der Waals surface area contributed by atoms with Gasteiger partial charge in [0.05, 0.1) is 6.61 Å². The van der Waals surface area contributed by atoms with Crippen LogP contribution in [0.2, 0.25) is 5.02 Å². The van der Waals surface area contributed by atoms with E-state index in [0.29, 0.717) is 28.6 Å². The molecule has 30 heavy (non-hydrogen) atoms. The van der Waals surface area contributed by atoms with Crippen LogP contribution in [0.15, 0.2) is 42.5 Å². The fourth-order valence-corrected chi connectivity index (χ4v) is 2.68. The molecule has 3 N–H and O–H groups in total. The van der Waals surface area contributed by atoms with Gasteiger partial charge < -0.3 is 10.1 Å². The number of ether oxygens (including phenoxy) is 1. The molecule has 0 spiro atoms. The van der Waals surface area contributed by atoms with Crippen LogP contribution >= 0.6 is 11.6 Å². The monoisotopic (exact) mass is 431 g/mol. The van der Waals surface area contributed by atoms with Gasteiger partial charge in [-0.05, 0) is 49.2 Å². The van der Waals surface area contributed by atoms with Crippen LogP contribution in [0.25, 0.3) is 0 Å². The van der Waals surface area contributed by atoms with Crippen molar-refractivity contribution in [1.29, 1.82) is 0 Å². The molecule has 0 unspecified atom stereocenters. The Hall–Kier alpha value is -3.06. The number of anilines is 1. The van der Waals surface area contributed by atoms with Gasteiger partial charge in [0.1, 0.15) is 5.75 Å². The summed E-state index contributed by atoms with van der Waals surface area (Å²) < 4.78 is 5.57. The topological polar surface area (TPSA) is 96.5 Å². The Morgan fingerprint density at radius 2 is 1.73 bits per heavy atom. The number of unbranched alkanes of at least 4 members (excludes halogenated alkanes) is 1. The molecule has 0 aliphatic carbocycles. The van der Waals surface area contributed by atoms with E-state index in [2.05, 4.69) is 23.1 Å². The SMILES string of the molecule is CCCCOc1cccc(C(=O)NNC(=O)CCC(=O)Nc2cccc(Cl)c2C)c1. The molecule has 3 amide bonds. The van der Waals surface area contributed by atoms with Gasteiger partial charge >= 0.3 is 0 Å². The van der Waals surface area contributed by atoms with Crippen molar-refractivity contribution in [3.63, 3.8) is 0 Å². The van der Waals surface area contributed by atoms with Gasteiger partial charge in [-0.15, -0.1) is 0 Å². The number of hydrogen-bond acceptors (Lipinski definition) is 4. The van der Waals surface area contributed by atoms with Crippen LogP contribution in [0.1, 0.15) is 48.5 Å². The van der Waals surface area contributed by atoms with E-state index in [-0.39, 0.29) is 18.7 Å². The number of hydrogen-bond donors (Lipinski definition) is 3. The van der Waals surface area contributed by atoms with Crippen LogP contribution in [0, 0.1) is 6.92 Å². The van der Waals surface area contributed by atoms with Gasteiger partial charge in [-0.1, -0.05) is 37.1 Å². The van der Waals surface area contributed by atoms with Crippen LogP contribution < -0.4 is 20.9 Å². The normalized spacial score (nSPS) is 10.2. The summed E-state index contributed by atoms with van der Waals surface area (Å²) in [5.74, 6) is -0.672. The molecule has 2 aromatic rings. The van der Waals surface area contributed by atoms with E-state index in [0.717, 1.165) is 18.4 Å². The number of carbonyl (C=O) groups is 3. The maximum absolute atomic E-state index is 12.2. The number of halogens is 1. The lowest BCUT2D eigenvalue weighted by atomic mass is 10.2. The van der Waals surface area contributed by atoms with Crippen molar-refractivity contribution >= 4 is 35.0 Å². The third-order valence-electron chi connectivity index (χ3n) is 4.30. The lowest BCUT2D eigenvalue weighted by Gasteiger charge is -2.10. The molecule has 7 nitrogen and oxygen atoms in total. The molecule has 0 aliphatic heterocycles. The third kappa shape index (κ3) is 7.40. The number of carbonyl (C=O) groups excluding carboxylic acids is 3. The zero-order chi connectivity index (χ0) is 21.9. The fraction of sp³-hybridized carbons (Fsp3) is 0.318. The van der Waals surface area contributed by atoms with Crippen molar-refractivity contribution in [2.75, 3.05) is 11.9 Å². The molecular weight excluding hydrogens is 406 g/mol. The standard InChI is InChI=1S/C22H26ClN3O4/c1-3-4-13-30-17-8-5-7-16(14-17)22(29)26-25-21(28)12-11-20(27)24-19-10-6-9-18(23)15(19)2/h5-10,14H,3-4,11-13H2,1-2H3,(H,24,27)(H,25,28)(H,26,29). The minimum Gasteiger partial charge on any atom is -0.494 e. The van der Waals surface area contributed by atoms with Crippen molar-refractivity contribution in [2.24, 2.45) is 0 Å². The molecule has 0 aliphatic rings. The Balaban J connectivity index is 1.76. The van der Waals surface area contributed by atoms with Crippen molar-refractivity contribution in [3.8, 4) is 5.75 Å². The third-order valence-corrected chi connectivity index (χ3v) is 4.71. The molecule has 0 heterocycles. The van der Waals surface area contributed by atoms with Crippen molar-refractivity contribution in [1.82, 2.24) is 10.9 Å². The summed E-state index contributed by atoms with van der Waals surface area (Å²) in [6, 6.07) is 11.9. The summed E-state index contributed by atoms with van der Waals surface area (Å²) in [7, 11) is 0. The van der Waals surface area contributed by atoms with Crippen LogP contribution in [0.4, 0.5) is 5.69 Å². The Labute approximate surface area is 181 Å². The van der Waals surface area contributed by atoms with Gasteiger partial charge in [0, 0.05) is 29.1 Å². The van der Waals surface area contributed by atoms with Gasteiger partial charge in [0.15, 0.2) is 0 Å². The van der Waals surface area contributed by atoms with Crippen LogP contribution in [0.3, 0.4) is 0 Å². The van der Waals surface area contributed by atoms with E-state index in [9.17, 15) is 14.4 Å². The quantitative estimate of drug-likeness (QED) is 0.413. The zero-order valence-corrected chi connectivity index (χ0v) is 17.8. The summed E-state index contributed by atoms with van der Waals surface area (Å²) >= 11 is 6.02. The van der Waals surface area contributed by atoms with Crippen molar-refractivity contribution < 1.29 is 19.1 Å². The molecule has 2 aromatic carbocycles. The summed E-state index contributed by atoms with van der Waals surface area (Å²) in [6.45, 7) is 4.44. The molecule has 0 bridgehead atoms. The number of amides is 3. The lowest BCUT2D eigenvalue weighted by molar-refractivity contribution is -0.124. The first-order valence-electron chi connectivity index (χ1n) is 9.77. The summed E-state index contributed by atoms with van der Waals surface area (Å²) in [5, 5.41) is 3.27. The molecule has 0 aromatic heterocycles. The maximum Gasteiger partial charge on any atom is 0.269 e. The molecule has 0 radical (unpaired) electrons. The van der Waals surface area contributed by atoms with Gasteiger partial charge in [0.2, 0.25) is 11.8 Å². The minimum absolute atomic E-state index is 0.0333. The van der Waals surface area contributed by atoms with Crippen molar-refractivity contribution in [2.45, 2.75) is 39.5 Å². The molecule has 160 valence electrons. The first-order valence-corrected chi connectivity index (χ1v) is 10.2. The van der Waals surface area contributed by atoms with Crippen molar-refractivity contribution in [3.05, 3.63) is 58.6 Å². The number of nitrogens with one attached hydrogen (secondary N) is 3. The van der Waals surface area contributed by atoms with Crippen LogP contribution in [0.5, 0.6) is 5.75 Å². The molecule has 0 atom stereocenters. The van der Waals surface area contributed by atoms with Gasteiger partial charge in [-0.2, -0.15) is 0 Å². The second-order valence-corrected chi connectivity index (χ2v) is 7.10. The predicted octanol–water partition coefficient (Wildman–Crippen LogP) is 4.01. The summed E-state index contributed by atoms with van der Waals surface area (Å²) in [5.41, 5.74) is 6.37. The fourth-order valence-electron chi connectivity index (χ4n) is 2.51. The number of benzene rings is 2. The minimum atomic E-state index is -0.475. The first kappa shape index (κ1) is 23.2. The van der Waals surface area contributed by atoms with E-state index in [1.807, 2.05) is 0 Å². The highest BCUT2D eigenvalue weighted by atomic mass is 35.5. The molecule has 0 saturated heterocycles. The molecule has 0 fully saturated rings. The first-order chi connectivity index (χ1) is 14.4. The Kier molecular flexibility index (Phi) is 9.15.